The van der Waals surface area contributed by atoms with Crippen LogP contribution in [0.25, 0.3) is 22.2 Å². The van der Waals surface area contributed by atoms with Crippen LogP contribution < -0.4 is 0 Å². The number of aryl methyl sites for hydroxylation is 1. The predicted molar refractivity (Wildman–Crippen MR) is 81.8 cm³/mol. The number of H-pyrrole nitrogens is 1. The van der Waals surface area contributed by atoms with E-state index in [4.69, 9.17) is 12.2 Å². The maximum absolute atomic E-state index is 13.9. The molecule has 1 heterocycles. The molecule has 0 aliphatic heterocycles. The van der Waals surface area contributed by atoms with E-state index in [2.05, 4.69) is 9.97 Å². The van der Waals surface area contributed by atoms with Crippen molar-refractivity contribution in [2.24, 2.45) is 0 Å². The van der Waals surface area contributed by atoms with Gasteiger partial charge in [-0.15, -0.1) is 0 Å². The van der Waals surface area contributed by atoms with Crippen LogP contribution in [-0.4, -0.2) is 9.97 Å². The molecule has 3 rings (SSSR count). The summed E-state index contributed by atoms with van der Waals surface area (Å²) in [7, 11) is 0. The van der Waals surface area contributed by atoms with Gasteiger partial charge in [-0.25, -0.2) is 9.37 Å². The Morgan fingerprint density at radius 3 is 2.45 bits per heavy atom. The molecule has 100 valence electrons. The van der Waals surface area contributed by atoms with E-state index in [0.717, 1.165) is 22.2 Å². The Bertz CT molecular complexity index is 868. The maximum Gasteiger partial charge on any atom is 0.139 e. The van der Waals surface area contributed by atoms with E-state index in [9.17, 15) is 4.39 Å². The number of rotatable bonds is 1. The molecule has 0 fully saturated rings. The largest absolute Gasteiger partial charge is 0.343 e. The Balaban J connectivity index is 2.36. The van der Waals surface area contributed by atoms with Crippen molar-refractivity contribution in [1.82, 2.24) is 9.97 Å². The summed E-state index contributed by atoms with van der Waals surface area (Å²) < 4.78 is 14.4. The summed E-state index contributed by atoms with van der Waals surface area (Å²) in [6, 6.07) is 10.6. The average molecular weight is 284 g/mol. The fourth-order valence-electron chi connectivity index (χ4n) is 2.24. The molecule has 0 atom stereocenters. The van der Waals surface area contributed by atoms with Gasteiger partial charge in [0.25, 0.3) is 0 Å². The van der Waals surface area contributed by atoms with Crippen molar-refractivity contribution in [3.05, 3.63) is 58.1 Å². The minimum absolute atomic E-state index is 0.230. The van der Waals surface area contributed by atoms with Gasteiger partial charge < -0.3 is 4.98 Å². The van der Waals surface area contributed by atoms with E-state index in [-0.39, 0.29) is 5.82 Å². The van der Waals surface area contributed by atoms with Gasteiger partial charge in [0, 0.05) is 22.2 Å². The third-order valence-electron chi connectivity index (χ3n) is 3.53. The molecule has 0 radical (unpaired) electrons. The second kappa shape index (κ2) is 4.80. The first kappa shape index (κ1) is 12.9. The molecule has 0 saturated carbocycles. The lowest BCUT2D eigenvalue weighted by Crippen LogP contribution is -1.97. The molecular weight excluding hydrogens is 271 g/mol. The van der Waals surface area contributed by atoms with Crippen LogP contribution in [0.3, 0.4) is 0 Å². The van der Waals surface area contributed by atoms with E-state index in [1.54, 1.807) is 12.1 Å². The van der Waals surface area contributed by atoms with Gasteiger partial charge in [-0.1, -0.05) is 36.5 Å². The SMILES string of the molecule is Cc1[nH]c(-c2ccc(F)c3ccccc23)nc(=S)c1C. The lowest BCUT2D eigenvalue weighted by atomic mass is 10.0. The molecule has 0 spiro atoms. The molecule has 1 aromatic heterocycles. The van der Waals surface area contributed by atoms with E-state index < -0.39 is 0 Å². The Morgan fingerprint density at radius 1 is 1.05 bits per heavy atom. The third-order valence-corrected chi connectivity index (χ3v) is 3.93. The van der Waals surface area contributed by atoms with Crippen LogP contribution in [0, 0.1) is 24.3 Å². The summed E-state index contributed by atoms with van der Waals surface area (Å²) >= 11 is 5.27. The lowest BCUT2D eigenvalue weighted by molar-refractivity contribution is 0.640. The van der Waals surface area contributed by atoms with E-state index in [0.29, 0.717) is 15.9 Å². The normalized spacial score (nSPS) is 10.9. The van der Waals surface area contributed by atoms with Crippen molar-refractivity contribution >= 4 is 23.0 Å². The third kappa shape index (κ3) is 2.02. The number of nitrogens with one attached hydrogen (secondary N) is 1. The lowest BCUT2D eigenvalue weighted by Gasteiger charge is -2.09. The first-order valence-electron chi connectivity index (χ1n) is 6.33. The van der Waals surface area contributed by atoms with Gasteiger partial charge in [0.2, 0.25) is 0 Å². The van der Waals surface area contributed by atoms with Crippen LogP contribution >= 0.6 is 12.2 Å². The minimum atomic E-state index is -0.230. The fraction of sp³-hybridized carbons (Fsp3) is 0.125. The standard InChI is InChI=1S/C16H13FN2S/c1-9-10(2)18-15(19-16(9)20)13-7-8-14(17)12-6-4-3-5-11(12)13/h3-8H,1-2H3,(H,18,19,20). The van der Waals surface area contributed by atoms with Crippen molar-refractivity contribution < 1.29 is 4.39 Å². The molecule has 1 N–H and O–H groups in total. The van der Waals surface area contributed by atoms with Crippen LogP contribution in [0.2, 0.25) is 0 Å². The predicted octanol–water partition coefficient (Wildman–Crippen LogP) is 4.72. The first-order chi connectivity index (χ1) is 9.58. The molecule has 0 aliphatic carbocycles. The van der Waals surface area contributed by atoms with Gasteiger partial charge in [-0.2, -0.15) is 0 Å². The van der Waals surface area contributed by atoms with E-state index in [1.807, 2.05) is 32.0 Å². The highest BCUT2D eigenvalue weighted by Crippen LogP contribution is 2.28. The monoisotopic (exact) mass is 284 g/mol. The zero-order chi connectivity index (χ0) is 14.3. The van der Waals surface area contributed by atoms with Gasteiger partial charge in [-0.3, -0.25) is 0 Å². The first-order valence-corrected chi connectivity index (χ1v) is 6.74. The summed E-state index contributed by atoms with van der Waals surface area (Å²) in [6.45, 7) is 3.90. The van der Waals surface area contributed by atoms with Gasteiger partial charge in [0.15, 0.2) is 0 Å². The van der Waals surface area contributed by atoms with Crippen LogP contribution in [-0.2, 0) is 0 Å². The number of aromatic nitrogens is 2. The summed E-state index contributed by atoms with van der Waals surface area (Å²) in [5, 5.41) is 1.42. The van der Waals surface area contributed by atoms with Crippen LogP contribution in [0.4, 0.5) is 4.39 Å². The van der Waals surface area contributed by atoms with Gasteiger partial charge in [-0.05, 0) is 31.4 Å². The molecule has 20 heavy (non-hydrogen) atoms. The van der Waals surface area contributed by atoms with Crippen molar-refractivity contribution in [1.29, 1.82) is 0 Å². The number of halogens is 1. The van der Waals surface area contributed by atoms with Crippen LogP contribution in [0.15, 0.2) is 36.4 Å². The number of nitrogens with zero attached hydrogens (tertiary/aromatic N) is 1. The summed E-state index contributed by atoms with van der Waals surface area (Å²) in [5.74, 6) is 0.445. The molecule has 2 nitrogen and oxygen atoms in total. The molecule has 0 unspecified atom stereocenters. The summed E-state index contributed by atoms with van der Waals surface area (Å²) in [5.41, 5.74) is 2.81. The number of aromatic amines is 1. The highest BCUT2D eigenvalue weighted by atomic mass is 32.1. The molecule has 0 saturated heterocycles. The number of hydrogen-bond donors (Lipinski definition) is 1. The number of benzene rings is 2. The van der Waals surface area contributed by atoms with Gasteiger partial charge in [0.05, 0.1) is 0 Å². The quantitative estimate of drug-likeness (QED) is 0.655. The Labute approximate surface area is 121 Å². The van der Waals surface area contributed by atoms with Gasteiger partial charge in [0.1, 0.15) is 16.3 Å². The molecule has 0 bridgehead atoms. The Morgan fingerprint density at radius 2 is 1.75 bits per heavy atom. The molecule has 0 aliphatic rings. The van der Waals surface area contributed by atoms with E-state index >= 15 is 0 Å². The van der Waals surface area contributed by atoms with Crippen molar-refractivity contribution in [2.45, 2.75) is 13.8 Å². The molecular formula is C16H13FN2S. The smallest absolute Gasteiger partial charge is 0.139 e. The Hall–Kier alpha value is -2.07. The topological polar surface area (TPSA) is 28.7 Å². The molecule has 0 amide bonds. The van der Waals surface area contributed by atoms with Crippen molar-refractivity contribution in [3.8, 4) is 11.4 Å². The zero-order valence-corrected chi connectivity index (χ0v) is 12.0. The number of fused-ring (bicyclic) bond motifs is 1. The van der Waals surface area contributed by atoms with Crippen molar-refractivity contribution in [2.75, 3.05) is 0 Å². The molecule has 3 aromatic rings. The second-order valence-electron chi connectivity index (χ2n) is 4.78. The molecule has 4 heteroatoms. The number of hydrogen-bond acceptors (Lipinski definition) is 2. The Kier molecular flexibility index (Phi) is 3.10. The highest BCUT2D eigenvalue weighted by Gasteiger charge is 2.10. The fourth-order valence-corrected chi connectivity index (χ4v) is 2.49. The summed E-state index contributed by atoms with van der Waals surface area (Å²) in [6.07, 6.45) is 0. The highest BCUT2D eigenvalue weighted by molar-refractivity contribution is 7.71. The minimum Gasteiger partial charge on any atom is -0.343 e. The zero-order valence-electron chi connectivity index (χ0n) is 11.2. The van der Waals surface area contributed by atoms with Gasteiger partial charge >= 0.3 is 0 Å². The summed E-state index contributed by atoms with van der Waals surface area (Å²) in [4.78, 5) is 7.66. The van der Waals surface area contributed by atoms with Crippen molar-refractivity contribution in [3.63, 3.8) is 0 Å². The van der Waals surface area contributed by atoms with Crippen LogP contribution in [0.1, 0.15) is 11.3 Å². The van der Waals surface area contributed by atoms with E-state index in [1.165, 1.54) is 6.07 Å². The molecule has 2 aromatic carbocycles. The maximum atomic E-state index is 13.9. The average Bonchev–Trinajstić information content (AvgIpc) is 2.45. The van der Waals surface area contributed by atoms with Crippen LogP contribution in [0.5, 0.6) is 0 Å². The second-order valence-corrected chi connectivity index (χ2v) is 5.17.